The number of aliphatic hydroxyl groups excluding tert-OH is 2. The fraction of sp³-hybridized carbons (Fsp3) is 1.00. The molecule has 2 N–H and O–H groups in total. The maximum Gasteiger partial charge on any atom is 0.133 e. The molecule has 56 valence electrons. The molecule has 0 fully saturated rings. The first-order chi connectivity index (χ1) is 4.04. The van der Waals surface area contributed by atoms with E-state index in [-0.39, 0.29) is 5.75 Å². The molecule has 0 spiro atoms. The third-order valence-electron chi connectivity index (χ3n) is 0.962. The molecule has 3 nitrogen and oxygen atoms in total. The van der Waals surface area contributed by atoms with Crippen molar-refractivity contribution in [3.63, 3.8) is 0 Å². The molecule has 0 bridgehead atoms. The minimum Gasteiger partial charge on any atom is -0.616 e. The fourth-order valence-electron chi connectivity index (χ4n) is 0.380. The lowest BCUT2D eigenvalue weighted by Gasteiger charge is -2.13. The molecule has 3 atom stereocenters. The Hall–Kier alpha value is 0.230. The molecule has 0 saturated heterocycles. The topological polar surface area (TPSA) is 63.5 Å². The van der Waals surface area contributed by atoms with Gasteiger partial charge in [0.2, 0.25) is 0 Å². The summed E-state index contributed by atoms with van der Waals surface area (Å²) < 4.78 is 10.4. The van der Waals surface area contributed by atoms with Gasteiger partial charge in [0.05, 0.1) is 12.4 Å². The SMILES string of the molecule is CC(O)C(O)C[S+](C)[O-]. The second-order valence-corrected chi connectivity index (χ2v) is 3.53. The molecular weight excluding hydrogens is 140 g/mol. The lowest BCUT2D eigenvalue weighted by Crippen LogP contribution is -2.30. The van der Waals surface area contributed by atoms with Crippen molar-refractivity contribution >= 4 is 11.2 Å². The minimum absolute atomic E-state index is 0.150. The summed E-state index contributed by atoms with van der Waals surface area (Å²) in [5, 5.41) is 17.5. The molecule has 0 rings (SSSR count). The third-order valence-corrected chi connectivity index (χ3v) is 1.77. The van der Waals surface area contributed by atoms with E-state index in [9.17, 15) is 4.55 Å². The van der Waals surface area contributed by atoms with Gasteiger partial charge in [-0.05, 0) is 6.92 Å². The van der Waals surface area contributed by atoms with E-state index in [0.29, 0.717) is 0 Å². The van der Waals surface area contributed by atoms with Gasteiger partial charge in [0.1, 0.15) is 11.9 Å². The van der Waals surface area contributed by atoms with Crippen LogP contribution in [0.15, 0.2) is 0 Å². The van der Waals surface area contributed by atoms with E-state index >= 15 is 0 Å². The summed E-state index contributed by atoms with van der Waals surface area (Å²) in [5.74, 6) is 0.150. The molecule has 0 aromatic heterocycles. The zero-order valence-electron chi connectivity index (χ0n) is 5.57. The Kier molecular flexibility index (Phi) is 4.22. The number of aliphatic hydroxyl groups is 2. The van der Waals surface area contributed by atoms with Crippen LogP contribution in [0.5, 0.6) is 0 Å². The van der Waals surface area contributed by atoms with Crippen LogP contribution in [0.1, 0.15) is 6.92 Å². The summed E-state index contributed by atoms with van der Waals surface area (Å²) >= 11 is -1.03. The maximum absolute atomic E-state index is 10.4. The second-order valence-electron chi connectivity index (χ2n) is 2.05. The van der Waals surface area contributed by atoms with Gasteiger partial charge in [0.15, 0.2) is 0 Å². The number of rotatable bonds is 3. The van der Waals surface area contributed by atoms with Gasteiger partial charge in [0, 0.05) is 0 Å². The van der Waals surface area contributed by atoms with E-state index in [2.05, 4.69) is 0 Å². The largest absolute Gasteiger partial charge is 0.616 e. The molecule has 0 radical (unpaired) electrons. The van der Waals surface area contributed by atoms with E-state index in [1.807, 2.05) is 0 Å². The van der Waals surface area contributed by atoms with Crippen molar-refractivity contribution in [3.05, 3.63) is 0 Å². The lowest BCUT2D eigenvalue weighted by molar-refractivity contribution is 0.0459. The second kappa shape index (κ2) is 4.11. The summed E-state index contributed by atoms with van der Waals surface area (Å²) in [7, 11) is 0. The van der Waals surface area contributed by atoms with Crippen LogP contribution in [-0.4, -0.2) is 39.0 Å². The maximum atomic E-state index is 10.4. The Morgan fingerprint density at radius 2 is 2.00 bits per heavy atom. The molecule has 0 aromatic rings. The summed E-state index contributed by atoms with van der Waals surface area (Å²) in [6, 6.07) is 0. The van der Waals surface area contributed by atoms with Gasteiger partial charge < -0.3 is 14.8 Å². The van der Waals surface area contributed by atoms with Crippen LogP contribution in [-0.2, 0) is 11.2 Å². The summed E-state index contributed by atoms with van der Waals surface area (Å²) in [5.41, 5.74) is 0. The monoisotopic (exact) mass is 152 g/mol. The van der Waals surface area contributed by atoms with Gasteiger partial charge >= 0.3 is 0 Å². The molecule has 4 heteroatoms. The molecule has 3 unspecified atom stereocenters. The number of hydrogen-bond donors (Lipinski definition) is 2. The van der Waals surface area contributed by atoms with Gasteiger partial charge in [0.25, 0.3) is 0 Å². The van der Waals surface area contributed by atoms with Gasteiger partial charge in [-0.2, -0.15) is 0 Å². The van der Waals surface area contributed by atoms with Crippen molar-refractivity contribution in [1.82, 2.24) is 0 Å². The number of hydrogen-bond acceptors (Lipinski definition) is 3. The highest BCUT2D eigenvalue weighted by molar-refractivity contribution is 7.90. The van der Waals surface area contributed by atoms with Crippen LogP contribution < -0.4 is 0 Å². The highest BCUT2D eigenvalue weighted by Gasteiger charge is 2.15. The summed E-state index contributed by atoms with van der Waals surface area (Å²) in [6.45, 7) is 1.47. The minimum atomic E-state index is -1.03. The molecule has 9 heavy (non-hydrogen) atoms. The highest BCUT2D eigenvalue weighted by Crippen LogP contribution is 1.95. The van der Waals surface area contributed by atoms with Crippen molar-refractivity contribution in [2.24, 2.45) is 0 Å². The Labute approximate surface area is 57.9 Å². The average molecular weight is 152 g/mol. The first-order valence-corrected chi connectivity index (χ1v) is 4.43. The molecule has 0 aromatic carbocycles. The Morgan fingerprint density at radius 1 is 1.56 bits per heavy atom. The summed E-state index contributed by atoms with van der Waals surface area (Å²) in [4.78, 5) is 0. The van der Waals surface area contributed by atoms with Crippen LogP contribution in [0.3, 0.4) is 0 Å². The van der Waals surface area contributed by atoms with Crippen LogP contribution in [0, 0.1) is 0 Å². The summed E-state index contributed by atoms with van der Waals surface area (Å²) in [6.07, 6.45) is -0.143. The molecule has 0 saturated carbocycles. The van der Waals surface area contributed by atoms with Crippen molar-refractivity contribution in [3.8, 4) is 0 Å². The molecule has 0 aliphatic carbocycles. The standard InChI is InChI=1S/C5H12O3S/c1-4(6)5(7)3-9(2)8/h4-7H,3H2,1-2H3. The van der Waals surface area contributed by atoms with E-state index in [1.165, 1.54) is 13.2 Å². The zero-order chi connectivity index (χ0) is 7.44. The van der Waals surface area contributed by atoms with E-state index in [4.69, 9.17) is 10.2 Å². The normalized spacial score (nSPS) is 21.0. The van der Waals surface area contributed by atoms with Crippen LogP contribution in [0.2, 0.25) is 0 Å². The van der Waals surface area contributed by atoms with Gasteiger partial charge in [-0.25, -0.2) is 0 Å². The Morgan fingerprint density at radius 3 is 2.11 bits per heavy atom. The van der Waals surface area contributed by atoms with Crippen LogP contribution in [0.4, 0.5) is 0 Å². The van der Waals surface area contributed by atoms with Crippen molar-refractivity contribution < 1.29 is 14.8 Å². The van der Waals surface area contributed by atoms with E-state index in [0.717, 1.165) is 0 Å². The van der Waals surface area contributed by atoms with E-state index in [1.54, 1.807) is 0 Å². The zero-order valence-corrected chi connectivity index (χ0v) is 6.39. The molecule has 0 aliphatic rings. The van der Waals surface area contributed by atoms with Gasteiger partial charge in [-0.15, -0.1) is 0 Å². The third kappa shape index (κ3) is 4.72. The van der Waals surface area contributed by atoms with Crippen LogP contribution >= 0.6 is 0 Å². The molecule has 0 amide bonds. The smallest absolute Gasteiger partial charge is 0.133 e. The quantitative estimate of drug-likeness (QED) is 0.515. The molecule has 0 heterocycles. The van der Waals surface area contributed by atoms with Gasteiger partial charge in [-0.3, -0.25) is 0 Å². The first kappa shape index (κ1) is 9.23. The Bertz CT molecular complexity index is 74.6. The lowest BCUT2D eigenvalue weighted by atomic mass is 10.3. The van der Waals surface area contributed by atoms with Gasteiger partial charge in [-0.1, -0.05) is 11.2 Å². The molecular formula is C5H12O3S. The first-order valence-electron chi connectivity index (χ1n) is 2.70. The van der Waals surface area contributed by atoms with Crippen molar-refractivity contribution in [1.29, 1.82) is 0 Å². The predicted octanol–water partition coefficient (Wildman–Crippen LogP) is -0.893. The Balaban J connectivity index is 3.38. The average Bonchev–Trinajstić information content (AvgIpc) is 1.63. The van der Waals surface area contributed by atoms with E-state index < -0.39 is 23.4 Å². The fourth-order valence-corrected chi connectivity index (χ4v) is 1.14. The predicted molar refractivity (Wildman–Crippen MR) is 36.6 cm³/mol. The van der Waals surface area contributed by atoms with Crippen LogP contribution in [0.25, 0.3) is 0 Å². The van der Waals surface area contributed by atoms with Crippen molar-refractivity contribution in [2.75, 3.05) is 12.0 Å². The van der Waals surface area contributed by atoms with Crippen molar-refractivity contribution in [2.45, 2.75) is 19.1 Å². The molecule has 0 aliphatic heterocycles. The highest BCUT2D eigenvalue weighted by atomic mass is 32.2.